The predicted octanol–water partition coefficient (Wildman–Crippen LogP) is 3.94. The molecular formula is C24H19BrClF5N6O4. The first-order chi connectivity index (χ1) is 19.3. The van der Waals surface area contributed by atoms with E-state index in [9.17, 15) is 37.3 Å². The highest BCUT2D eigenvalue weighted by Gasteiger charge is 2.49. The Kier molecular flexibility index (Phi) is 7.90. The van der Waals surface area contributed by atoms with Crippen molar-refractivity contribution in [2.75, 3.05) is 6.61 Å². The zero-order valence-corrected chi connectivity index (χ0v) is 23.0. The smallest absolute Gasteiger partial charge is 0.394 e. The molecule has 0 amide bonds. The Hall–Kier alpha value is -3.02. The van der Waals surface area contributed by atoms with Crippen molar-refractivity contribution in [2.45, 2.75) is 43.6 Å². The zero-order valence-electron chi connectivity index (χ0n) is 20.6. The largest absolute Gasteiger partial charge is 0.418 e. The highest BCUT2D eigenvalue weighted by atomic mass is 79.9. The molecule has 0 aliphatic carbocycles. The summed E-state index contributed by atoms with van der Waals surface area (Å²) in [5.74, 6) is -2.67. The van der Waals surface area contributed by atoms with Gasteiger partial charge in [0.05, 0.1) is 28.5 Å². The van der Waals surface area contributed by atoms with E-state index in [4.69, 9.17) is 16.3 Å². The molecule has 4 aromatic rings. The third-order valence-corrected chi connectivity index (χ3v) is 7.35. The van der Waals surface area contributed by atoms with Crippen molar-refractivity contribution in [3.05, 3.63) is 74.9 Å². The van der Waals surface area contributed by atoms with Crippen LogP contribution in [0.15, 0.2) is 41.0 Å². The standard InChI is InChI=1S/C24H19BrClF5N6O4/c1-9-32-23(37(34-9)15-6-10(26)2-4-12(15)24(29,30)31)22-21(40)19(20(39)16(8-38)41-22)36-7-14(33-35-36)11-3-5-13(25)18(28)17(11)27/h2-7,16,19-22,38-40H,8H2,1H3/t16-,19+,20+,21-,22-/m1/s1. The first kappa shape index (κ1) is 29.5. The molecule has 3 heterocycles. The van der Waals surface area contributed by atoms with Gasteiger partial charge in [-0.2, -0.15) is 18.3 Å². The number of aliphatic hydroxyl groups is 3. The van der Waals surface area contributed by atoms with E-state index in [1.165, 1.54) is 19.1 Å². The predicted molar refractivity (Wildman–Crippen MR) is 135 cm³/mol. The van der Waals surface area contributed by atoms with Crippen molar-refractivity contribution in [1.29, 1.82) is 0 Å². The number of aliphatic hydroxyl groups excluding tert-OH is 3. The molecule has 218 valence electrons. The lowest BCUT2D eigenvalue weighted by Gasteiger charge is -2.41. The molecule has 41 heavy (non-hydrogen) atoms. The van der Waals surface area contributed by atoms with Crippen molar-refractivity contribution in [3.8, 4) is 16.9 Å². The summed E-state index contributed by atoms with van der Waals surface area (Å²) in [5, 5.41) is 43.9. The van der Waals surface area contributed by atoms with Crippen LogP contribution in [0, 0.1) is 18.6 Å². The van der Waals surface area contributed by atoms with E-state index >= 15 is 0 Å². The maximum Gasteiger partial charge on any atom is 0.418 e. The zero-order chi connectivity index (χ0) is 29.8. The Morgan fingerprint density at radius 3 is 2.51 bits per heavy atom. The second kappa shape index (κ2) is 11.0. The van der Waals surface area contributed by atoms with Gasteiger partial charge in [0.1, 0.15) is 42.0 Å². The lowest BCUT2D eigenvalue weighted by Crippen LogP contribution is -2.53. The van der Waals surface area contributed by atoms with Crippen molar-refractivity contribution < 1.29 is 42.0 Å². The molecule has 0 spiro atoms. The molecule has 1 fully saturated rings. The molecular weight excluding hydrogens is 647 g/mol. The summed E-state index contributed by atoms with van der Waals surface area (Å²) in [6.07, 6.45) is -10.00. The molecule has 10 nitrogen and oxygen atoms in total. The number of rotatable bonds is 5. The van der Waals surface area contributed by atoms with Crippen LogP contribution in [0.25, 0.3) is 16.9 Å². The van der Waals surface area contributed by atoms with Crippen LogP contribution in [-0.2, 0) is 10.9 Å². The first-order valence-corrected chi connectivity index (χ1v) is 13.0. The van der Waals surface area contributed by atoms with Crippen LogP contribution in [0.2, 0.25) is 5.02 Å². The van der Waals surface area contributed by atoms with Crippen molar-refractivity contribution >= 4 is 27.5 Å². The van der Waals surface area contributed by atoms with Crippen LogP contribution in [0.5, 0.6) is 0 Å². The van der Waals surface area contributed by atoms with Gasteiger partial charge in [0.15, 0.2) is 17.5 Å². The van der Waals surface area contributed by atoms with Crippen LogP contribution in [-0.4, -0.2) is 70.0 Å². The molecule has 0 radical (unpaired) electrons. The average molecular weight is 666 g/mol. The van der Waals surface area contributed by atoms with Gasteiger partial charge < -0.3 is 20.1 Å². The van der Waals surface area contributed by atoms with Crippen molar-refractivity contribution in [3.63, 3.8) is 0 Å². The lowest BCUT2D eigenvalue weighted by atomic mass is 9.92. The van der Waals surface area contributed by atoms with Crippen LogP contribution >= 0.6 is 27.5 Å². The number of hydrogen-bond acceptors (Lipinski definition) is 8. The monoisotopic (exact) mass is 664 g/mol. The molecule has 1 aliphatic rings. The third kappa shape index (κ3) is 5.35. The molecule has 0 saturated carbocycles. The molecule has 3 N–H and O–H groups in total. The maximum atomic E-state index is 14.6. The summed E-state index contributed by atoms with van der Waals surface area (Å²) in [6.45, 7) is 0.630. The van der Waals surface area contributed by atoms with E-state index in [1.807, 2.05) is 0 Å². The molecule has 17 heteroatoms. The van der Waals surface area contributed by atoms with Gasteiger partial charge >= 0.3 is 6.18 Å². The van der Waals surface area contributed by atoms with Crippen LogP contribution in [0.3, 0.4) is 0 Å². The number of benzene rings is 2. The molecule has 5 atom stereocenters. The molecule has 2 aromatic heterocycles. The first-order valence-electron chi connectivity index (χ1n) is 11.8. The SMILES string of the molecule is Cc1nc([C@@H]2O[C@H](CO)[C@H](O)[C@H](n3cc(-c4ccc(Br)c(F)c4F)nn3)[C@H]2O)n(-c2cc(Cl)ccc2C(F)(F)F)n1. The Bertz CT molecular complexity index is 1600. The van der Waals surface area contributed by atoms with Gasteiger partial charge in [0.25, 0.3) is 0 Å². The number of aryl methyl sites for hydroxylation is 1. The highest BCUT2D eigenvalue weighted by molar-refractivity contribution is 9.10. The lowest BCUT2D eigenvalue weighted by molar-refractivity contribution is -0.210. The Morgan fingerprint density at radius 2 is 1.83 bits per heavy atom. The molecule has 2 aromatic carbocycles. The number of ether oxygens (including phenoxy) is 1. The maximum absolute atomic E-state index is 14.6. The van der Waals surface area contributed by atoms with E-state index in [2.05, 4.69) is 36.3 Å². The summed E-state index contributed by atoms with van der Waals surface area (Å²) < 4.78 is 77.6. The Balaban J connectivity index is 1.59. The fraction of sp³-hybridized carbons (Fsp3) is 0.333. The average Bonchev–Trinajstić information content (AvgIpc) is 3.54. The van der Waals surface area contributed by atoms with E-state index in [0.717, 1.165) is 33.8 Å². The van der Waals surface area contributed by atoms with Gasteiger partial charge in [-0.25, -0.2) is 23.1 Å². The molecule has 0 bridgehead atoms. The minimum Gasteiger partial charge on any atom is -0.394 e. The van der Waals surface area contributed by atoms with Crippen LogP contribution in [0.1, 0.15) is 29.4 Å². The van der Waals surface area contributed by atoms with E-state index in [1.54, 1.807) is 0 Å². The molecule has 1 saturated heterocycles. The van der Waals surface area contributed by atoms with E-state index in [0.29, 0.717) is 0 Å². The van der Waals surface area contributed by atoms with Gasteiger partial charge in [0, 0.05) is 10.6 Å². The second-order valence-corrected chi connectivity index (χ2v) is 10.4. The van der Waals surface area contributed by atoms with Crippen molar-refractivity contribution in [2.24, 2.45) is 0 Å². The summed E-state index contributed by atoms with van der Waals surface area (Å²) in [7, 11) is 0. The third-order valence-electron chi connectivity index (χ3n) is 6.51. The molecule has 1 aliphatic heterocycles. The summed E-state index contributed by atoms with van der Waals surface area (Å²) >= 11 is 8.87. The topological polar surface area (TPSA) is 131 Å². The number of halogens is 7. The second-order valence-electron chi connectivity index (χ2n) is 9.14. The fourth-order valence-electron chi connectivity index (χ4n) is 4.61. The van der Waals surface area contributed by atoms with Gasteiger partial charge in [0.2, 0.25) is 0 Å². The van der Waals surface area contributed by atoms with Gasteiger partial charge in [-0.15, -0.1) is 5.10 Å². The Labute approximate surface area is 241 Å². The van der Waals surface area contributed by atoms with E-state index < -0.39 is 66.1 Å². The quantitative estimate of drug-likeness (QED) is 0.216. The number of hydrogen-bond donors (Lipinski definition) is 3. The summed E-state index contributed by atoms with van der Waals surface area (Å²) in [4.78, 5) is 4.17. The van der Waals surface area contributed by atoms with E-state index in [-0.39, 0.29) is 32.4 Å². The summed E-state index contributed by atoms with van der Waals surface area (Å²) in [5.41, 5.74) is -2.02. The van der Waals surface area contributed by atoms with Crippen LogP contribution in [0.4, 0.5) is 22.0 Å². The fourth-order valence-corrected chi connectivity index (χ4v) is 5.08. The molecule has 0 unspecified atom stereocenters. The summed E-state index contributed by atoms with van der Waals surface area (Å²) in [6, 6.07) is 3.90. The van der Waals surface area contributed by atoms with Gasteiger partial charge in [-0.3, -0.25) is 0 Å². The van der Waals surface area contributed by atoms with Gasteiger partial charge in [-0.05, 0) is 53.2 Å². The normalized spacial score (nSPS) is 23.2. The molecule has 5 rings (SSSR count). The minimum absolute atomic E-state index is 0.0166. The highest BCUT2D eigenvalue weighted by Crippen LogP contribution is 2.41. The van der Waals surface area contributed by atoms with Gasteiger partial charge in [-0.1, -0.05) is 16.8 Å². The van der Waals surface area contributed by atoms with Crippen LogP contribution < -0.4 is 0 Å². The van der Waals surface area contributed by atoms with Crippen molar-refractivity contribution in [1.82, 2.24) is 29.8 Å². The minimum atomic E-state index is -4.81. The Morgan fingerprint density at radius 1 is 1.10 bits per heavy atom. The number of alkyl halides is 3. The number of nitrogens with zero attached hydrogens (tertiary/aromatic N) is 6. The number of aromatic nitrogens is 6.